The zero-order valence-electron chi connectivity index (χ0n) is 10.7. The average molecular weight is 228 g/mol. The fraction of sp³-hybridized carbons (Fsp3) is 0.917. The Labute approximate surface area is 98.3 Å². The highest BCUT2D eigenvalue weighted by Gasteiger charge is 2.25. The van der Waals surface area contributed by atoms with Crippen molar-refractivity contribution in [1.82, 2.24) is 10.2 Å². The molecule has 0 saturated carbocycles. The van der Waals surface area contributed by atoms with Crippen LogP contribution in [0.2, 0.25) is 0 Å². The lowest BCUT2D eigenvalue weighted by Crippen LogP contribution is -2.41. The van der Waals surface area contributed by atoms with Crippen molar-refractivity contribution in [2.75, 3.05) is 33.3 Å². The van der Waals surface area contributed by atoms with Crippen LogP contribution in [0.1, 0.15) is 26.7 Å². The molecule has 1 aliphatic rings. The van der Waals surface area contributed by atoms with E-state index >= 15 is 0 Å². The van der Waals surface area contributed by atoms with E-state index in [2.05, 4.69) is 17.1 Å². The van der Waals surface area contributed by atoms with Crippen molar-refractivity contribution in [3.8, 4) is 0 Å². The molecular formula is C12H24N2O2. The van der Waals surface area contributed by atoms with Crippen molar-refractivity contribution in [2.24, 2.45) is 5.92 Å². The van der Waals surface area contributed by atoms with E-state index in [1.807, 2.05) is 6.92 Å². The van der Waals surface area contributed by atoms with Crippen LogP contribution in [0.4, 0.5) is 0 Å². The second kappa shape index (κ2) is 6.86. The molecule has 16 heavy (non-hydrogen) atoms. The van der Waals surface area contributed by atoms with E-state index in [0.29, 0.717) is 6.04 Å². The molecule has 0 spiro atoms. The van der Waals surface area contributed by atoms with Gasteiger partial charge in [-0.3, -0.25) is 9.69 Å². The van der Waals surface area contributed by atoms with Gasteiger partial charge in [-0.25, -0.2) is 0 Å². The van der Waals surface area contributed by atoms with Crippen LogP contribution < -0.4 is 5.32 Å². The van der Waals surface area contributed by atoms with E-state index in [0.717, 1.165) is 32.6 Å². The largest absolute Gasteiger partial charge is 0.469 e. The van der Waals surface area contributed by atoms with Gasteiger partial charge in [-0.05, 0) is 25.9 Å². The van der Waals surface area contributed by atoms with Crippen LogP contribution in [-0.2, 0) is 9.53 Å². The van der Waals surface area contributed by atoms with E-state index in [-0.39, 0.29) is 11.9 Å². The summed E-state index contributed by atoms with van der Waals surface area (Å²) in [5, 5.41) is 3.37. The molecule has 2 unspecified atom stereocenters. The Bertz CT molecular complexity index is 215. The molecule has 1 aliphatic heterocycles. The molecule has 4 heteroatoms. The Morgan fingerprint density at radius 2 is 2.38 bits per heavy atom. The van der Waals surface area contributed by atoms with Crippen LogP contribution in [0.3, 0.4) is 0 Å². The quantitative estimate of drug-likeness (QED) is 0.685. The Kier molecular flexibility index (Phi) is 5.77. The fourth-order valence-corrected chi connectivity index (χ4v) is 2.29. The van der Waals surface area contributed by atoms with Gasteiger partial charge in [0.1, 0.15) is 0 Å². The molecule has 2 atom stereocenters. The zero-order valence-corrected chi connectivity index (χ0v) is 10.7. The summed E-state index contributed by atoms with van der Waals surface area (Å²) in [5.74, 6) is -0.135. The minimum absolute atomic E-state index is 0.0304. The summed E-state index contributed by atoms with van der Waals surface area (Å²) >= 11 is 0. The third-order valence-electron chi connectivity index (χ3n) is 3.17. The highest BCUT2D eigenvalue weighted by Crippen LogP contribution is 2.12. The molecule has 0 bridgehead atoms. The highest BCUT2D eigenvalue weighted by atomic mass is 16.5. The number of hydrogen-bond acceptors (Lipinski definition) is 4. The third kappa shape index (κ3) is 3.76. The highest BCUT2D eigenvalue weighted by molar-refractivity contribution is 5.72. The molecule has 1 fully saturated rings. The first-order valence-corrected chi connectivity index (χ1v) is 6.21. The number of nitrogens with zero attached hydrogens (tertiary/aromatic N) is 1. The summed E-state index contributed by atoms with van der Waals surface area (Å²) in [6.45, 7) is 8.14. The number of carbonyl (C=O) groups excluding carboxylic acids is 1. The fourth-order valence-electron chi connectivity index (χ4n) is 2.29. The topological polar surface area (TPSA) is 41.6 Å². The normalized spacial score (nSPS) is 22.4. The second-order valence-electron chi connectivity index (χ2n) is 4.57. The van der Waals surface area contributed by atoms with Gasteiger partial charge in [-0.15, -0.1) is 0 Å². The van der Waals surface area contributed by atoms with Gasteiger partial charge in [0.25, 0.3) is 0 Å². The van der Waals surface area contributed by atoms with Gasteiger partial charge < -0.3 is 10.1 Å². The van der Waals surface area contributed by atoms with Crippen LogP contribution in [0.25, 0.3) is 0 Å². The summed E-state index contributed by atoms with van der Waals surface area (Å²) < 4.78 is 4.77. The van der Waals surface area contributed by atoms with E-state index in [1.54, 1.807) is 0 Å². The van der Waals surface area contributed by atoms with Gasteiger partial charge in [-0.1, -0.05) is 13.8 Å². The first-order valence-electron chi connectivity index (χ1n) is 6.21. The molecular weight excluding hydrogens is 204 g/mol. The molecule has 94 valence electrons. The van der Waals surface area contributed by atoms with Crippen LogP contribution in [0.5, 0.6) is 0 Å². The molecule has 0 aromatic carbocycles. The Hall–Kier alpha value is -0.610. The summed E-state index contributed by atoms with van der Waals surface area (Å²) in [5.41, 5.74) is 0. The van der Waals surface area contributed by atoms with Gasteiger partial charge in [-0.2, -0.15) is 0 Å². The van der Waals surface area contributed by atoms with Gasteiger partial charge in [0.15, 0.2) is 0 Å². The number of rotatable bonds is 6. The standard InChI is InChI=1S/C12H24N2O2/c1-4-7-14(11-5-6-13-8-11)9-10(2)12(15)16-3/h10-11,13H,4-9H2,1-3H3. The summed E-state index contributed by atoms with van der Waals surface area (Å²) in [6, 6.07) is 0.590. The lowest BCUT2D eigenvalue weighted by atomic mass is 10.1. The predicted octanol–water partition coefficient (Wildman–Crippen LogP) is 0.869. The molecule has 0 aliphatic carbocycles. The van der Waals surface area contributed by atoms with E-state index in [1.165, 1.54) is 13.5 Å². The number of nitrogens with one attached hydrogen (secondary N) is 1. The Balaban J connectivity index is 2.46. The molecule has 4 nitrogen and oxygen atoms in total. The zero-order chi connectivity index (χ0) is 12.0. The molecule has 1 heterocycles. The minimum atomic E-state index is -0.105. The van der Waals surface area contributed by atoms with Crippen molar-refractivity contribution >= 4 is 5.97 Å². The molecule has 0 aromatic heterocycles. The number of esters is 1. The first-order chi connectivity index (χ1) is 7.69. The number of ether oxygens (including phenoxy) is 1. The number of carbonyl (C=O) groups is 1. The molecule has 0 amide bonds. The molecule has 1 saturated heterocycles. The van der Waals surface area contributed by atoms with Gasteiger partial charge in [0.2, 0.25) is 0 Å². The van der Waals surface area contributed by atoms with Gasteiger partial charge in [0, 0.05) is 19.1 Å². The molecule has 1 rings (SSSR count). The van der Waals surface area contributed by atoms with Gasteiger partial charge >= 0.3 is 5.97 Å². The maximum absolute atomic E-state index is 11.4. The van der Waals surface area contributed by atoms with Crippen LogP contribution in [0, 0.1) is 5.92 Å². The Morgan fingerprint density at radius 3 is 2.88 bits per heavy atom. The number of hydrogen-bond donors (Lipinski definition) is 1. The van der Waals surface area contributed by atoms with Crippen molar-refractivity contribution in [3.63, 3.8) is 0 Å². The maximum atomic E-state index is 11.4. The van der Waals surface area contributed by atoms with E-state index < -0.39 is 0 Å². The average Bonchev–Trinajstić information content (AvgIpc) is 2.80. The minimum Gasteiger partial charge on any atom is -0.469 e. The molecule has 0 aromatic rings. The summed E-state index contributed by atoms with van der Waals surface area (Å²) in [7, 11) is 1.46. The van der Waals surface area contributed by atoms with Crippen molar-refractivity contribution in [1.29, 1.82) is 0 Å². The smallest absolute Gasteiger partial charge is 0.309 e. The van der Waals surface area contributed by atoms with Crippen LogP contribution in [0.15, 0.2) is 0 Å². The monoisotopic (exact) mass is 228 g/mol. The predicted molar refractivity (Wildman–Crippen MR) is 64.3 cm³/mol. The van der Waals surface area contributed by atoms with Crippen LogP contribution >= 0.6 is 0 Å². The third-order valence-corrected chi connectivity index (χ3v) is 3.17. The Morgan fingerprint density at radius 1 is 1.62 bits per heavy atom. The number of methoxy groups -OCH3 is 1. The van der Waals surface area contributed by atoms with E-state index in [4.69, 9.17) is 4.74 Å². The molecule has 1 N–H and O–H groups in total. The summed E-state index contributed by atoms with van der Waals surface area (Å²) in [6.07, 6.45) is 2.32. The maximum Gasteiger partial charge on any atom is 0.309 e. The van der Waals surface area contributed by atoms with Gasteiger partial charge in [0.05, 0.1) is 13.0 Å². The van der Waals surface area contributed by atoms with Crippen molar-refractivity contribution < 1.29 is 9.53 Å². The lowest BCUT2D eigenvalue weighted by molar-refractivity contribution is -0.145. The first kappa shape index (κ1) is 13.5. The lowest BCUT2D eigenvalue weighted by Gasteiger charge is -2.29. The second-order valence-corrected chi connectivity index (χ2v) is 4.57. The molecule has 0 radical (unpaired) electrons. The SMILES string of the molecule is CCCN(CC(C)C(=O)OC)C1CCNC1. The van der Waals surface area contributed by atoms with E-state index in [9.17, 15) is 4.79 Å². The summed E-state index contributed by atoms with van der Waals surface area (Å²) in [4.78, 5) is 13.8. The van der Waals surface area contributed by atoms with Crippen molar-refractivity contribution in [2.45, 2.75) is 32.7 Å². The van der Waals surface area contributed by atoms with Crippen molar-refractivity contribution in [3.05, 3.63) is 0 Å². The van der Waals surface area contributed by atoms with Crippen LogP contribution in [-0.4, -0.2) is 50.2 Å².